The molecule has 0 aromatic carbocycles. The molecule has 1 N–H and O–H groups in total. The molecule has 106 valence electrons. The summed E-state index contributed by atoms with van der Waals surface area (Å²) >= 11 is 0. The van der Waals surface area contributed by atoms with Crippen LogP contribution in [-0.2, 0) is 0 Å². The minimum Gasteiger partial charge on any atom is -0.308 e. The molecule has 0 heterocycles. The lowest BCUT2D eigenvalue weighted by molar-refractivity contribution is 0.175. The zero-order valence-corrected chi connectivity index (χ0v) is 12.9. The number of nitrogens with zero attached hydrogens (tertiary/aromatic N) is 1. The maximum atomic E-state index is 4.24. The normalized spacial score (nSPS) is 18.3. The quantitative estimate of drug-likeness (QED) is 0.727. The van der Waals surface area contributed by atoms with Crippen molar-refractivity contribution in [2.75, 3.05) is 19.6 Å². The smallest absolute Gasteiger partial charge is 0.0205 e. The van der Waals surface area contributed by atoms with E-state index in [1.807, 2.05) is 0 Å². The number of nitrogens with one attached hydrogen (secondary N) is 1. The topological polar surface area (TPSA) is 15.3 Å². The highest BCUT2D eigenvalue weighted by Crippen LogP contribution is 2.22. The van der Waals surface area contributed by atoms with E-state index in [1.165, 1.54) is 37.7 Å². The zero-order chi connectivity index (χ0) is 13.6. The summed E-state index contributed by atoms with van der Waals surface area (Å²) in [5, 5.41) is 3.53. The Bertz CT molecular complexity index is 246. The monoisotopic (exact) mass is 252 g/mol. The second-order valence-electron chi connectivity index (χ2n) is 6.71. The van der Waals surface area contributed by atoms with Gasteiger partial charge in [0, 0.05) is 24.7 Å². The molecule has 0 atom stereocenters. The summed E-state index contributed by atoms with van der Waals surface area (Å²) in [6.45, 7) is 16.3. The van der Waals surface area contributed by atoms with E-state index in [-0.39, 0.29) is 5.54 Å². The molecule has 0 aromatic heterocycles. The zero-order valence-electron chi connectivity index (χ0n) is 12.9. The number of rotatable bonds is 6. The van der Waals surface area contributed by atoms with Crippen LogP contribution in [0.4, 0.5) is 0 Å². The molecular formula is C16H32N2. The fourth-order valence-electron chi connectivity index (χ4n) is 2.68. The van der Waals surface area contributed by atoms with Gasteiger partial charge in [0.15, 0.2) is 0 Å². The fraction of sp³-hybridized carbons (Fsp3) is 0.875. The van der Waals surface area contributed by atoms with Crippen molar-refractivity contribution in [3.63, 3.8) is 0 Å². The van der Waals surface area contributed by atoms with E-state index in [2.05, 4.69) is 44.5 Å². The third-order valence-corrected chi connectivity index (χ3v) is 3.79. The molecule has 0 unspecified atom stereocenters. The summed E-state index contributed by atoms with van der Waals surface area (Å²) in [4.78, 5) is 2.62. The van der Waals surface area contributed by atoms with Crippen molar-refractivity contribution in [1.82, 2.24) is 10.2 Å². The SMILES string of the molecule is C=C(CNC(C)(C)C)CN(CC)C1CCCCC1. The minimum absolute atomic E-state index is 0.185. The van der Waals surface area contributed by atoms with E-state index in [0.717, 1.165) is 25.7 Å². The molecule has 2 heteroatoms. The van der Waals surface area contributed by atoms with Crippen molar-refractivity contribution < 1.29 is 0 Å². The summed E-state index contributed by atoms with van der Waals surface area (Å²) in [6, 6.07) is 0.801. The van der Waals surface area contributed by atoms with Crippen LogP contribution < -0.4 is 5.32 Å². The third-order valence-electron chi connectivity index (χ3n) is 3.79. The van der Waals surface area contributed by atoms with Crippen molar-refractivity contribution >= 4 is 0 Å². The molecule has 0 amide bonds. The number of hydrogen-bond acceptors (Lipinski definition) is 2. The van der Waals surface area contributed by atoms with Crippen molar-refractivity contribution in [2.24, 2.45) is 0 Å². The Hall–Kier alpha value is -0.340. The molecule has 18 heavy (non-hydrogen) atoms. The minimum atomic E-state index is 0.185. The van der Waals surface area contributed by atoms with Gasteiger partial charge in [-0.05, 0) is 45.7 Å². The molecule has 1 aliphatic rings. The number of likely N-dealkylation sites (N-methyl/N-ethyl adjacent to an activating group) is 1. The summed E-state index contributed by atoms with van der Waals surface area (Å²) in [6.07, 6.45) is 7.02. The second-order valence-corrected chi connectivity index (χ2v) is 6.71. The second kappa shape index (κ2) is 7.30. The van der Waals surface area contributed by atoms with E-state index in [9.17, 15) is 0 Å². The van der Waals surface area contributed by atoms with Crippen molar-refractivity contribution in [3.05, 3.63) is 12.2 Å². The fourth-order valence-corrected chi connectivity index (χ4v) is 2.68. The van der Waals surface area contributed by atoms with Gasteiger partial charge in [0.1, 0.15) is 0 Å². The van der Waals surface area contributed by atoms with Crippen LogP contribution in [0.25, 0.3) is 0 Å². The molecule has 0 radical (unpaired) electrons. The highest BCUT2D eigenvalue weighted by atomic mass is 15.2. The van der Waals surface area contributed by atoms with Crippen LogP contribution in [0, 0.1) is 0 Å². The van der Waals surface area contributed by atoms with Crippen molar-refractivity contribution in [3.8, 4) is 0 Å². The van der Waals surface area contributed by atoms with Gasteiger partial charge in [-0.2, -0.15) is 0 Å². The Morgan fingerprint density at radius 2 is 1.83 bits per heavy atom. The van der Waals surface area contributed by atoms with Gasteiger partial charge in [-0.15, -0.1) is 0 Å². The van der Waals surface area contributed by atoms with Gasteiger partial charge in [0.05, 0.1) is 0 Å². The molecule has 0 aliphatic heterocycles. The van der Waals surface area contributed by atoms with Crippen LogP contribution in [0.1, 0.15) is 59.8 Å². The van der Waals surface area contributed by atoms with E-state index in [0.29, 0.717) is 0 Å². The summed E-state index contributed by atoms with van der Waals surface area (Å²) < 4.78 is 0. The van der Waals surface area contributed by atoms with Crippen LogP contribution in [0.2, 0.25) is 0 Å². The molecule has 0 aromatic rings. The first-order chi connectivity index (χ1) is 8.42. The molecule has 1 aliphatic carbocycles. The first-order valence-corrected chi connectivity index (χ1v) is 7.58. The van der Waals surface area contributed by atoms with Gasteiger partial charge >= 0.3 is 0 Å². The molecular weight excluding hydrogens is 220 g/mol. The molecule has 1 fully saturated rings. The Morgan fingerprint density at radius 1 is 1.22 bits per heavy atom. The molecule has 2 nitrogen and oxygen atoms in total. The highest BCUT2D eigenvalue weighted by Gasteiger charge is 2.20. The van der Waals surface area contributed by atoms with Gasteiger partial charge in [-0.25, -0.2) is 0 Å². The number of hydrogen-bond donors (Lipinski definition) is 1. The lowest BCUT2D eigenvalue weighted by atomic mass is 9.94. The van der Waals surface area contributed by atoms with Crippen LogP contribution in [0.5, 0.6) is 0 Å². The van der Waals surface area contributed by atoms with Gasteiger partial charge in [-0.1, -0.05) is 32.8 Å². The maximum absolute atomic E-state index is 4.24. The molecule has 1 saturated carbocycles. The largest absolute Gasteiger partial charge is 0.308 e. The van der Waals surface area contributed by atoms with E-state index >= 15 is 0 Å². The van der Waals surface area contributed by atoms with E-state index in [4.69, 9.17) is 0 Å². The predicted molar refractivity (Wildman–Crippen MR) is 81.0 cm³/mol. The van der Waals surface area contributed by atoms with Crippen LogP contribution in [0.15, 0.2) is 12.2 Å². The van der Waals surface area contributed by atoms with Crippen LogP contribution in [-0.4, -0.2) is 36.1 Å². The van der Waals surface area contributed by atoms with Crippen molar-refractivity contribution in [2.45, 2.75) is 71.4 Å². The summed E-state index contributed by atoms with van der Waals surface area (Å²) in [5.41, 5.74) is 1.50. The standard InChI is InChI=1S/C16H32N2/c1-6-18(15-10-8-7-9-11-15)13-14(2)12-17-16(3,4)5/h15,17H,2,6-13H2,1,3-5H3. The maximum Gasteiger partial charge on any atom is 0.0205 e. The first kappa shape index (κ1) is 15.7. The van der Waals surface area contributed by atoms with Crippen LogP contribution >= 0.6 is 0 Å². The average molecular weight is 252 g/mol. The molecule has 1 rings (SSSR count). The van der Waals surface area contributed by atoms with Gasteiger partial charge in [-0.3, -0.25) is 4.90 Å². The van der Waals surface area contributed by atoms with Gasteiger partial charge in [0.2, 0.25) is 0 Å². The van der Waals surface area contributed by atoms with Crippen molar-refractivity contribution in [1.29, 1.82) is 0 Å². The van der Waals surface area contributed by atoms with Gasteiger partial charge in [0.25, 0.3) is 0 Å². The average Bonchev–Trinajstić information content (AvgIpc) is 2.33. The lowest BCUT2D eigenvalue weighted by Crippen LogP contribution is -2.41. The summed E-state index contributed by atoms with van der Waals surface area (Å²) in [5.74, 6) is 0. The Labute approximate surface area is 114 Å². The van der Waals surface area contributed by atoms with Crippen LogP contribution in [0.3, 0.4) is 0 Å². The van der Waals surface area contributed by atoms with E-state index < -0.39 is 0 Å². The first-order valence-electron chi connectivity index (χ1n) is 7.58. The molecule has 0 saturated heterocycles. The Kier molecular flexibility index (Phi) is 6.37. The highest BCUT2D eigenvalue weighted by molar-refractivity contribution is 5.02. The third kappa shape index (κ3) is 6.01. The Morgan fingerprint density at radius 3 is 2.33 bits per heavy atom. The predicted octanol–water partition coefficient (Wildman–Crippen LogP) is 3.59. The molecule has 0 bridgehead atoms. The van der Waals surface area contributed by atoms with E-state index in [1.54, 1.807) is 0 Å². The Balaban J connectivity index is 2.35. The molecule has 0 spiro atoms. The lowest BCUT2D eigenvalue weighted by Gasteiger charge is -2.34. The summed E-state index contributed by atoms with van der Waals surface area (Å²) in [7, 11) is 0. The van der Waals surface area contributed by atoms with Gasteiger partial charge < -0.3 is 5.32 Å².